The zero-order valence-corrected chi connectivity index (χ0v) is 19.2. The molecule has 0 saturated heterocycles. The Hall–Kier alpha value is -0.160. The second-order valence-corrected chi connectivity index (χ2v) is 6.32. The van der Waals surface area contributed by atoms with Crippen LogP contribution in [0.25, 0.3) is 0 Å². The second-order valence-electron chi connectivity index (χ2n) is 5.57. The minimum Gasteiger partial charge on any atom is -0.396 e. The lowest BCUT2D eigenvalue weighted by Gasteiger charge is -2.07. The molecule has 0 unspecified atom stereocenters. The van der Waals surface area contributed by atoms with Gasteiger partial charge in [0.1, 0.15) is 0 Å². The summed E-state index contributed by atoms with van der Waals surface area (Å²) in [6.45, 7) is 14.8. The Morgan fingerprint density at radius 3 is 1.12 bits per heavy atom. The van der Waals surface area contributed by atoms with Crippen LogP contribution in [0.2, 0.25) is 0 Å². The van der Waals surface area contributed by atoms with Crippen molar-refractivity contribution in [1.82, 2.24) is 0 Å². The van der Waals surface area contributed by atoms with Crippen LogP contribution in [0.1, 0.15) is 79.6 Å². The summed E-state index contributed by atoms with van der Waals surface area (Å²) in [5.74, 6) is 2.23. The van der Waals surface area contributed by atoms with Gasteiger partial charge in [0, 0.05) is 34.9 Å². The van der Waals surface area contributed by atoms with Crippen molar-refractivity contribution < 1.29 is 10.2 Å². The Morgan fingerprint density at radius 1 is 0.808 bits per heavy atom. The Balaban J connectivity index is -0.0000000765. The van der Waals surface area contributed by atoms with E-state index in [4.69, 9.17) is 43.3 Å². The fraction of sp³-hybridized carbons (Fsp3) is 0.900. The van der Waals surface area contributed by atoms with Crippen molar-refractivity contribution >= 4 is 23.2 Å². The molecule has 0 heterocycles. The van der Waals surface area contributed by atoms with Crippen molar-refractivity contribution in [3.63, 3.8) is 0 Å². The molecule has 6 heteroatoms. The highest BCUT2D eigenvalue weighted by Crippen LogP contribution is 2.08. The number of aliphatic hydroxyl groups is 2. The van der Waals surface area contributed by atoms with E-state index in [1.165, 1.54) is 25.7 Å². The number of allylic oxidation sites excluding steroid dienone is 1. The number of aliphatic hydroxyl groups excluding tert-OH is 2. The van der Waals surface area contributed by atoms with E-state index in [0.717, 1.165) is 19.3 Å². The van der Waals surface area contributed by atoms with Crippen LogP contribution in [0.4, 0.5) is 0 Å². The fourth-order valence-electron chi connectivity index (χ4n) is 1.67. The van der Waals surface area contributed by atoms with E-state index in [1.54, 1.807) is 0 Å². The van der Waals surface area contributed by atoms with Gasteiger partial charge in [0.25, 0.3) is 0 Å². The third-order valence-electron chi connectivity index (χ3n) is 3.43. The second kappa shape index (κ2) is 44.4. The van der Waals surface area contributed by atoms with Gasteiger partial charge in [0.05, 0.1) is 0 Å². The van der Waals surface area contributed by atoms with Crippen molar-refractivity contribution in [2.45, 2.75) is 79.6 Å². The molecule has 0 radical (unpaired) electrons. The van der Waals surface area contributed by atoms with Crippen LogP contribution in [-0.4, -0.2) is 35.2 Å². The summed E-state index contributed by atoms with van der Waals surface area (Å²) in [4.78, 5) is 14.0. The summed E-state index contributed by atoms with van der Waals surface area (Å²) < 4.78 is 0. The average Bonchev–Trinajstić information content (AvgIpc) is 2.72. The van der Waals surface area contributed by atoms with Gasteiger partial charge in [-0.3, -0.25) is 0 Å². The van der Waals surface area contributed by atoms with Crippen LogP contribution in [0.15, 0.2) is 12.7 Å². The van der Waals surface area contributed by atoms with Gasteiger partial charge < -0.3 is 10.2 Å². The molecule has 0 spiro atoms. The summed E-state index contributed by atoms with van der Waals surface area (Å²) in [5.41, 5.74) is 0. The van der Waals surface area contributed by atoms with Gasteiger partial charge in [-0.25, -0.2) is 0 Å². The molecule has 0 fully saturated rings. The highest BCUT2D eigenvalue weighted by molar-refractivity contribution is 6.25. The Labute approximate surface area is 172 Å². The van der Waals surface area contributed by atoms with Gasteiger partial charge in [-0.2, -0.15) is 0 Å². The summed E-state index contributed by atoms with van der Waals surface area (Å²) >= 11 is 10.1. The lowest BCUT2D eigenvalue weighted by Crippen LogP contribution is -2.02. The molecule has 0 amide bonds. The molecule has 4 nitrogen and oxygen atoms in total. The first-order valence-electron chi connectivity index (χ1n) is 9.64. The van der Waals surface area contributed by atoms with E-state index in [1.807, 2.05) is 6.08 Å². The van der Waals surface area contributed by atoms with Crippen molar-refractivity contribution in [3.8, 4) is 0 Å². The van der Waals surface area contributed by atoms with Crippen molar-refractivity contribution in [2.24, 2.45) is 11.8 Å². The lowest BCUT2D eigenvalue weighted by molar-refractivity contribution is 0.214. The molecule has 0 aromatic carbocycles. The zero-order chi connectivity index (χ0) is 21.6. The maximum Gasteiger partial charge on any atom is 0.0459 e. The predicted octanol–water partition coefficient (Wildman–Crippen LogP) is 6.72. The molecule has 2 atom stereocenters. The predicted molar refractivity (Wildman–Crippen MR) is 120 cm³/mol. The number of halogens is 2. The van der Waals surface area contributed by atoms with Crippen LogP contribution >= 0.6 is 23.2 Å². The summed E-state index contributed by atoms with van der Waals surface area (Å²) in [6.07, 6.45) is 9.92. The lowest BCUT2D eigenvalue weighted by atomic mass is 10.0. The van der Waals surface area contributed by atoms with Crippen LogP contribution in [0.3, 0.4) is 0 Å². The van der Waals surface area contributed by atoms with E-state index in [9.17, 15) is 0 Å². The fourth-order valence-corrected chi connectivity index (χ4v) is 1.67. The number of rotatable bonds is 10. The largest absolute Gasteiger partial charge is 0.396 e. The quantitative estimate of drug-likeness (QED) is 0.304. The monoisotopic (exact) mass is 418 g/mol. The summed E-state index contributed by atoms with van der Waals surface area (Å²) in [5, 5.41) is 17.3. The van der Waals surface area contributed by atoms with Crippen molar-refractivity contribution in [3.05, 3.63) is 22.6 Å². The minimum absolute atomic E-state index is 0.365. The van der Waals surface area contributed by atoms with E-state index < -0.39 is 0 Å². The molecular weight excluding hydrogens is 375 g/mol. The van der Waals surface area contributed by atoms with E-state index in [2.05, 4.69) is 41.2 Å². The molecule has 0 saturated carbocycles. The minimum atomic E-state index is 0.365. The zero-order valence-electron chi connectivity index (χ0n) is 17.7. The van der Waals surface area contributed by atoms with Gasteiger partial charge in [0.15, 0.2) is 0 Å². The first-order valence-corrected chi connectivity index (χ1v) is 10.7. The molecule has 0 aliphatic rings. The average molecular weight is 419 g/mol. The van der Waals surface area contributed by atoms with Gasteiger partial charge >= 0.3 is 0 Å². The summed E-state index contributed by atoms with van der Waals surface area (Å²) in [6, 6.07) is 0. The van der Waals surface area contributed by atoms with Crippen molar-refractivity contribution in [1.29, 1.82) is 0 Å². The molecule has 0 rings (SSSR count). The molecule has 2 N–H and O–H groups in total. The third kappa shape index (κ3) is 49.6. The topological polar surface area (TPSA) is 74.6 Å². The first-order chi connectivity index (χ1) is 12.5. The van der Waals surface area contributed by atoms with Gasteiger partial charge in [-0.1, -0.05) is 66.4 Å². The molecule has 162 valence electrons. The molecule has 0 bridgehead atoms. The number of hydrogen-bond acceptors (Lipinski definition) is 4. The molecule has 26 heavy (non-hydrogen) atoms. The van der Waals surface area contributed by atoms with E-state index in [-0.39, 0.29) is 0 Å². The number of hydrogen-bond donors (Lipinski definition) is 2. The van der Waals surface area contributed by atoms with Gasteiger partial charge in [-0.15, -0.1) is 29.8 Å². The molecule has 0 aliphatic carbocycles. The third-order valence-corrected chi connectivity index (χ3v) is 4.00. The Kier molecular flexibility index (Phi) is 62.6. The van der Waals surface area contributed by atoms with Crippen LogP contribution in [0.5, 0.6) is 0 Å². The first kappa shape index (κ1) is 36.7. The molecule has 0 aromatic rings. The van der Waals surface area contributed by atoms with Gasteiger partial charge in [-0.05, 0) is 31.1 Å². The Bertz CT molecular complexity index is 184. The molecule has 0 aliphatic heterocycles. The normalized spacial score (nSPS) is 10.8. The van der Waals surface area contributed by atoms with Gasteiger partial charge in [0.2, 0.25) is 0 Å². The standard InChI is InChI=1S/2C7H16O.C4H8.C2H4Cl2.O2/c2*1-3-5-7(4-2)6-8;1-3-4-2;3-1-2-4;1-2/h2*7-8H,3-6H2,1-2H3;3H,1,4H2,2H3;1-2H2;/t2*7-;;;/m00.../s1. The highest BCUT2D eigenvalue weighted by atomic mass is 35.5. The van der Waals surface area contributed by atoms with E-state index >= 15 is 0 Å². The summed E-state index contributed by atoms with van der Waals surface area (Å²) in [7, 11) is 0. The smallest absolute Gasteiger partial charge is 0.0459 e. The van der Waals surface area contributed by atoms with Crippen LogP contribution in [-0.2, 0) is 0 Å². The van der Waals surface area contributed by atoms with E-state index in [0.29, 0.717) is 36.8 Å². The maximum absolute atomic E-state index is 8.66. The Morgan fingerprint density at radius 2 is 1.08 bits per heavy atom. The van der Waals surface area contributed by atoms with Crippen LogP contribution < -0.4 is 0 Å². The molecule has 0 aromatic heterocycles. The number of alkyl halides is 2. The maximum atomic E-state index is 8.66. The SMILES string of the molecule is C=CCC.CCC[C@H](CC)CO.CCC[C@H](CC)CO.ClCCCl.O=O. The molecular formula is C20H44Cl2O4. The highest BCUT2D eigenvalue weighted by Gasteiger charge is 2.00. The van der Waals surface area contributed by atoms with Crippen molar-refractivity contribution in [2.75, 3.05) is 25.0 Å². The van der Waals surface area contributed by atoms with Crippen LogP contribution in [0, 0.1) is 21.8 Å².